The number of benzene rings is 1. The Morgan fingerprint density at radius 1 is 1.33 bits per heavy atom. The van der Waals surface area contributed by atoms with E-state index in [1.807, 2.05) is 13.8 Å². The first-order valence-corrected chi connectivity index (χ1v) is 7.12. The van der Waals surface area contributed by atoms with Gasteiger partial charge in [0.15, 0.2) is 0 Å². The monoisotopic (exact) mass is 310 g/mol. The van der Waals surface area contributed by atoms with E-state index in [1.54, 1.807) is 19.2 Å². The lowest BCUT2D eigenvalue weighted by atomic mass is 10.0. The van der Waals surface area contributed by atoms with Crippen LogP contribution in [0.1, 0.15) is 27.9 Å². The van der Waals surface area contributed by atoms with Gasteiger partial charge in [0.1, 0.15) is 6.04 Å². The van der Waals surface area contributed by atoms with Crippen LogP contribution in [0.15, 0.2) is 12.1 Å². The van der Waals surface area contributed by atoms with Crippen molar-refractivity contribution in [3.63, 3.8) is 0 Å². The molecule has 1 heterocycles. The van der Waals surface area contributed by atoms with Gasteiger partial charge in [0.25, 0.3) is 5.91 Å². The molecule has 0 aliphatic carbocycles. The van der Waals surface area contributed by atoms with E-state index >= 15 is 0 Å². The van der Waals surface area contributed by atoms with Gasteiger partial charge in [0, 0.05) is 20.1 Å². The van der Waals surface area contributed by atoms with E-state index in [1.165, 1.54) is 4.90 Å². The summed E-state index contributed by atoms with van der Waals surface area (Å²) < 4.78 is 5.25. The van der Waals surface area contributed by atoms with Gasteiger partial charge in [-0.2, -0.15) is 0 Å². The van der Waals surface area contributed by atoms with Crippen LogP contribution in [0.2, 0.25) is 5.02 Å². The molecule has 0 spiro atoms. The van der Waals surface area contributed by atoms with Gasteiger partial charge in [0.2, 0.25) is 5.91 Å². The highest BCUT2D eigenvalue weighted by Crippen LogP contribution is 2.27. The molecule has 21 heavy (non-hydrogen) atoms. The Bertz CT molecular complexity index is 589. The molecule has 2 N–H and O–H groups in total. The summed E-state index contributed by atoms with van der Waals surface area (Å²) in [4.78, 5) is 25.7. The number of methoxy groups -OCH3 is 1. The first-order valence-electron chi connectivity index (χ1n) is 6.75. The average molecular weight is 311 g/mol. The maximum atomic E-state index is 12.7. The van der Waals surface area contributed by atoms with Crippen LogP contribution in [0, 0.1) is 13.8 Å². The highest BCUT2D eigenvalue weighted by atomic mass is 35.5. The summed E-state index contributed by atoms with van der Waals surface area (Å²) in [6.07, 6.45) is 0.233. The minimum atomic E-state index is -0.653. The molecule has 0 radical (unpaired) electrons. The van der Waals surface area contributed by atoms with Gasteiger partial charge < -0.3 is 15.4 Å². The summed E-state index contributed by atoms with van der Waals surface area (Å²) >= 11 is 6.18. The molecule has 1 aliphatic heterocycles. The molecule has 1 fully saturated rings. The largest absolute Gasteiger partial charge is 0.380 e. The molecular formula is C15H19ClN2O3. The molecule has 1 saturated heterocycles. The van der Waals surface area contributed by atoms with Crippen LogP contribution in [0.4, 0.5) is 0 Å². The van der Waals surface area contributed by atoms with Crippen molar-refractivity contribution in [2.45, 2.75) is 32.4 Å². The lowest BCUT2D eigenvalue weighted by molar-refractivity contribution is -0.121. The van der Waals surface area contributed by atoms with Crippen molar-refractivity contribution >= 4 is 23.4 Å². The maximum absolute atomic E-state index is 12.7. The van der Waals surface area contributed by atoms with E-state index in [4.69, 9.17) is 22.1 Å². The molecule has 114 valence electrons. The third-order valence-corrected chi connectivity index (χ3v) is 4.31. The van der Waals surface area contributed by atoms with Crippen LogP contribution in [-0.2, 0) is 9.53 Å². The van der Waals surface area contributed by atoms with Crippen LogP contribution in [0.3, 0.4) is 0 Å². The Hall–Kier alpha value is -1.59. The zero-order valence-electron chi connectivity index (χ0n) is 12.4. The van der Waals surface area contributed by atoms with Gasteiger partial charge >= 0.3 is 0 Å². The van der Waals surface area contributed by atoms with Gasteiger partial charge in [-0.15, -0.1) is 0 Å². The third-order valence-electron chi connectivity index (χ3n) is 4.00. The number of nitrogens with two attached hydrogens (primary N) is 1. The number of ether oxygens (including phenoxy) is 1. The molecule has 0 unspecified atom stereocenters. The van der Waals surface area contributed by atoms with Gasteiger partial charge in [0.05, 0.1) is 16.7 Å². The minimum Gasteiger partial charge on any atom is -0.380 e. The number of nitrogens with zero attached hydrogens (tertiary/aromatic N) is 1. The average Bonchev–Trinajstić information content (AvgIpc) is 2.86. The molecule has 0 aromatic heterocycles. The summed E-state index contributed by atoms with van der Waals surface area (Å²) in [6, 6.07) is 2.85. The number of primary amides is 1. The zero-order chi connectivity index (χ0) is 15.7. The highest BCUT2D eigenvalue weighted by Gasteiger charge is 2.39. The van der Waals surface area contributed by atoms with Gasteiger partial charge in [-0.3, -0.25) is 9.59 Å². The van der Waals surface area contributed by atoms with Crippen LogP contribution < -0.4 is 5.73 Å². The minimum absolute atomic E-state index is 0.184. The van der Waals surface area contributed by atoms with Gasteiger partial charge in [-0.05, 0) is 37.1 Å². The topological polar surface area (TPSA) is 72.6 Å². The fourth-order valence-electron chi connectivity index (χ4n) is 2.56. The van der Waals surface area contributed by atoms with Crippen molar-refractivity contribution < 1.29 is 14.3 Å². The summed E-state index contributed by atoms with van der Waals surface area (Å²) in [5, 5.41) is 0.382. The smallest absolute Gasteiger partial charge is 0.256 e. The first kappa shape index (κ1) is 15.8. The van der Waals surface area contributed by atoms with Crippen molar-refractivity contribution in [3.05, 3.63) is 33.8 Å². The lowest BCUT2D eigenvalue weighted by Gasteiger charge is -2.23. The fraction of sp³-hybridized carbons (Fsp3) is 0.467. The van der Waals surface area contributed by atoms with Crippen molar-refractivity contribution in [1.29, 1.82) is 0 Å². The van der Waals surface area contributed by atoms with Crippen LogP contribution in [0.25, 0.3) is 0 Å². The first-order chi connectivity index (χ1) is 9.85. The standard InChI is InChI=1S/C15H19ClN2O3/c1-8-4-11(12(16)5-9(8)2)15(20)18-7-10(21-3)6-13(18)14(17)19/h4-5,10,13H,6-7H2,1-3H3,(H2,17,19)/t10-,13-/m0/s1. The molecule has 2 amide bonds. The molecule has 1 aromatic carbocycles. The zero-order valence-corrected chi connectivity index (χ0v) is 13.1. The Kier molecular flexibility index (Phi) is 4.54. The predicted octanol–water partition coefficient (Wildman–Crippen LogP) is 1.67. The van der Waals surface area contributed by atoms with E-state index in [2.05, 4.69) is 0 Å². The molecular weight excluding hydrogens is 292 g/mol. The lowest BCUT2D eigenvalue weighted by Crippen LogP contribution is -2.43. The van der Waals surface area contributed by atoms with Crippen molar-refractivity contribution in [1.82, 2.24) is 4.90 Å². The van der Waals surface area contributed by atoms with E-state index in [9.17, 15) is 9.59 Å². The van der Waals surface area contributed by atoms with Crippen molar-refractivity contribution in [2.75, 3.05) is 13.7 Å². The van der Waals surface area contributed by atoms with E-state index in [-0.39, 0.29) is 12.0 Å². The molecule has 0 bridgehead atoms. The summed E-state index contributed by atoms with van der Waals surface area (Å²) in [5.41, 5.74) is 7.77. The number of amides is 2. The van der Waals surface area contributed by atoms with E-state index in [0.29, 0.717) is 23.6 Å². The molecule has 6 heteroatoms. The van der Waals surface area contributed by atoms with E-state index in [0.717, 1.165) is 11.1 Å². The number of likely N-dealkylation sites (tertiary alicyclic amines) is 1. The van der Waals surface area contributed by atoms with Gasteiger partial charge in [-0.1, -0.05) is 11.6 Å². The second kappa shape index (κ2) is 6.03. The molecule has 2 rings (SSSR count). The Morgan fingerprint density at radius 2 is 1.95 bits per heavy atom. The number of carbonyl (C=O) groups is 2. The Labute approximate surface area is 129 Å². The molecule has 2 atom stereocenters. The molecule has 5 nitrogen and oxygen atoms in total. The number of carbonyl (C=O) groups excluding carboxylic acids is 2. The second-order valence-corrected chi connectivity index (χ2v) is 5.79. The van der Waals surface area contributed by atoms with Gasteiger partial charge in [-0.25, -0.2) is 0 Å². The summed E-state index contributed by atoms with van der Waals surface area (Å²) in [6.45, 7) is 4.18. The number of hydrogen-bond acceptors (Lipinski definition) is 3. The Morgan fingerprint density at radius 3 is 2.52 bits per heavy atom. The van der Waals surface area contributed by atoms with Crippen LogP contribution in [-0.4, -0.2) is 42.5 Å². The quantitative estimate of drug-likeness (QED) is 0.923. The third kappa shape index (κ3) is 3.04. The maximum Gasteiger partial charge on any atom is 0.256 e. The van der Waals surface area contributed by atoms with Crippen LogP contribution in [0.5, 0.6) is 0 Å². The molecule has 1 aliphatic rings. The number of rotatable bonds is 3. The van der Waals surface area contributed by atoms with Crippen LogP contribution >= 0.6 is 11.6 Å². The fourth-order valence-corrected chi connectivity index (χ4v) is 2.86. The SMILES string of the molecule is CO[C@H]1C[C@@H](C(N)=O)N(C(=O)c2cc(C)c(C)cc2Cl)C1. The van der Waals surface area contributed by atoms with E-state index < -0.39 is 11.9 Å². The number of aryl methyl sites for hydroxylation is 2. The molecule has 0 saturated carbocycles. The summed E-state index contributed by atoms with van der Waals surface area (Å²) in [5.74, 6) is -0.811. The highest BCUT2D eigenvalue weighted by molar-refractivity contribution is 6.34. The van der Waals surface area contributed by atoms with Crippen molar-refractivity contribution in [2.24, 2.45) is 5.73 Å². The number of halogens is 1. The van der Waals surface area contributed by atoms with Crippen molar-refractivity contribution in [3.8, 4) is 0 Å². The Balaban J connectivity index is 2.34. The molecule has 1 aromatic rings. The second-order valence-electron chi connectivity index (χ2n) is 5.39. The summed E-state index contributed by atoms with van der Waals surface area (Å²) in [7, 11) is 1.56. The predicted molar refractivity (Wildman–Crippen MR) is 80.4 cm³/mol. The normalized spacial score (nSPS) is 21.6. The number of hydrogen-bond donors (Lipinski definition) is 1.